The van der Waals surface area contributed by atoms with Crippen molar-refractivity contribution in [1.82, 2.24) is 15.0 Å². The molecule has 1 rings (SSSR count). The number of hydrazone groups is 1. The molecule has 138 valence electrons. The average molecular weight is 357 g/mol. The van der Waals surface area contributed by atoms with Crippen molar-refractivity contribution in [1.29, 1.82) is 0 Å². The van der Waals surface area contributed by atoms with Gasteiger partial charge in [0, 0.05) is 13.1 Å². The molecule has 0 saturated heterocycles. The number of hydrogen-bond acceptors (Lipinski definition) is 9. The van der Waals surface area contributed by atoms with Crippen LogP contribution in [0.1, 0.15) is 6.92 Å². The van der Waals surface area contributed by atoms with Crippen molar-refractivity contribution >= 4 is 23.8 Å². The van der Waals surface area contributed by atoms with Crippen LogP contribution in [0.3, 0.4) is 0 Å². The lowest BCUT2D eigenvalue weighted by atomic mass is 10.1. The number of rotatable bonds is 8. The fourth-order valence-corrected chi connectivity index (χ4v) is 1.60. The van der Waals surface area contributed by atoms with Crippen molar-refractivity contribution in [3.63, 3.8) is 0 Å². The van der Waals surface area contributed by atoms with E-state index in [9.17, 15) is 24.6 Å². The number of nitrogens with one attached hydrogen (secondary N) is 2. The molecule has 6 N–H and O–H groups in total. The van der Waals surface area contributed by atoms with Gasteiger partial charge in [-0.05, 0) is 6.07 Å². The van der Waals surface area contributed by atoms with Gasteiger partial charge in [-0.15, -0.1) is 0 Å². The second-order valence-corrected chi connectivity index (χ2v) is 4.95. The van der Waals surface area contributed by atoms with E-state index in [0.717, 1.165) is 10.8 Å². The summed E-state index contributed by atoms with van der Waals surface area (Å²) >= 11 is 0. The molecule has 0 fully saturated rings. The SMILES string of the molecule is CC(=O)Nc1ccn(CC(=O)N/N=C/[C@H](O)[C@@H](O)[C@H](O)CO)c(=O)n1. The fourth-order valence-electron chi connectivity index (χ4n) is 1.60. The highest BCUT2D eigenvalue weighted by Crippen LogP contribution is 1.98. The van der Waals surface area contributed by atoms with Crippen molar-refractivity contribution in [3.8, 4) is 0 Å². The van der Waals surface area contributed by atoms with E-state index in [1.807, 2.05) is 5.43 Å². The van der Waals surface area contributed by atoms with Crippen LogP contribution in [0.25, 0.3) is 0 Å². The molecular weight excluding hydrogens is 338 g/mol. The molecule has 0 aliphatic heterocycles. The zero-order valence-corrected chi connectivity index (χ0v) is 13.2. The first kappa shape index (κ1) is 20.4. The van der Waals surface area contributed by atoms with E-state index < -0.39 is 49.0 Å². The highest BCUT2D eigenvalue weighted by molar-refractivity contribution is 5.87. The molecule has 12 nitrogen and oxygen atoms in total. The molecule has 0 unspecified atom stereocenters. The lowest BCUT2D eigenvalue weighted by molar-refractivity contribution is -0.121. The fraction of sp³-hybridized carbons (Fsp3) is 0.462. The van der Waals surface area contributed by atoms with E-state index >= 15 is 0 Å². The molecule has 0 aliphatic rings. The molecule has 0 radical (unpaired) electrons. The molecule has 25 heavy (non-hydrogen) atoms. The van der Waals surface area contributed by atoms with E-state index in [-0.39, 0.29) is 5.82 Å². The Hall–Kier alpha value is -2.67. The first-order valence-corrected chi connectivity index (χ1v) is 7.06. The summed E-state index contributed by atoms with van der Waals surface area (Å²) in [4.78, 5) is 37.8. The minimum atomic E-state index is -1.68. The summed E-state index contributed by atoms with van der Waals surface area (Å²) in [6, 6.07) is 1.33. The summed E-state index contributed by atoms with van der Waals surface area (Å²) in [6.45, 7) is 0.0633. The Kier molecular flexibility index (Phi) is 7.81. The van der Waals surface area contributed by atoms with E-state index in [1.54, 1.807) is 0 Å². The van der Waals surface area contributed by atoms with Crippen LogP contribution in [0.15, 0.2) is 22.2 Å². The maximum Gasteiger partial charge on any atom is 0.349 e. The van der Waals surface area contributed by atoms with Gasteiger partial charge in [0.1, 0.15) is 30.7 Å². The number of aliphatic hydroxyl groups is 4. The molecular formula is C13H19N5O7. The summed E-state index contributed by atoms with van der Waals surface area (Å²) in [7, 11) is 0. The maximum atomic E-state index is 11.7. The number of carbonyl (C=O) groups is 2. The highest BCUT2D eigenvalue weighted by atomic mass is 16.4. The number of nitrogens with zero attached hydrogens (tertiary/aromatic N) is 3. The van der Waals surface area contributed by atoms with E-state index in [4.69, 9.17) is 10.2 Å². The molecule has 0 spiro atoms. The summed E-state index contributed by atoms with van der Waals surface area (Å²) < 4.78 is 0.955. The van der Waals surface area contributed by atoms with Crippen molar-refractivity contribution in [2.45, 2.75) is 31.8 Å². The van der Waals surface area contributed by atoms with Gasteiger partial charge in [0.05, 0.1) is 12.8 Å². The third kappa shape index (κ3) is 6.76. The van der Waals surface area contributed by atoms with Crippen molar-refractivity contribution in [2.24, 2.45) is 5.10 Å². The Morgan fingerprint density at radius 3 is 2.64 bits per heavy atom. The number of aromatic nitrogens is 2. The Morgan fingerprint density at radius 1 is 1.40 bits per heavy atom. The predicted molar refractivity (Wildman–Crippen MR) is 84.5 cm³/mol. The number of aliphatic hydroxyl groups excluding tert-OH is 4. The largest absolute Gasteiger partial charge is 0.394 e. The molecule has 1 aromatic heterocycles. The van der Waals surface area contributed by atoms with Crippen LogP contribution in [-0.2, 0) is 16.1 Å². The zero-order chi connectivity index (χ0) is 19.0. The van der Waals surface area contributed by atoms with Gasteiger partial charge >= 0.3 is 5.69 Å². The van der Waals surface area contributed by atoms with E-state index in [2.05, 4.69) is 15.4 Å². The number of hydrogen-bond donors (Lipinski definition) is 6. The van der Waals surface area contributed by atoms with E-state index in [1.165, 1.54) is 19.2 Å². The number of amides is 2. The predicted octanol–water partition coefficient (Wildman–Crippen LogP) is -3.62. The third-order valence-corrected chi connectivity index (χ3v) is 2.84. The Morgan fingerprint density at radius 2 is 2.08 bits per heavy atom. The van der Waals surface area contributed by atoms with Crippen LogP contribution < -0.4 is 16.4 Å². The molecule has 0 aromatic carbocycles. The van der Waals surface area contributed by atoms with Crippen LogP contribution in [0.4, 0.5) is 5.82 Å². The molecule has 0 saturated carbocycles. The van der Waals surface area contributed by atoms with Gasteiger partial charge in [-0.1, -0.05) is 0 Å². The first-order chi connectivity index (χ1) is 11.7. The van der Waals surface area contributed by atoms with Crippen LogP contribution in [-0.4, -0.2) is 72.9 Å². The summed E-state index contributed by atoms with van der Waals surface area (Å²) in [6.07, 6.45) is -2.87. The van der Waals surface area contributed by atoms with Crippen molar-refractivity contribution in [2.75, 3.05) is 11.9 Å². The van der Waals surface area contributed by atoms with Gasteiger partial charge in [-0.3, -0.25) is 14.2 Å². The zero-order valence-electron chi connectivity index (χ0n) is 13.2. The molecule has 1 aromatic rings. The smallest absolute Gasteiger partial charge is 0.349 e. The minimum absolute atomic E-state index is 0.0479. The molecule has 0 bridgehead atoms. The van der Waals surface area contributed by atoms with Gasteiger partial charge in [-0.2, -0.15) is 10.1 Å². The van der Waals surface area contributed by atoms with Crippen LogP contribution in [0, 0.1) is 0 Å². The molecule has 2 amide bonds. The molecule has 3 atom stereocenters. The second kappa shape index (κ2) is 9.58. The quantitative estimate of drug-likeness (QED) is 0.203. The topological polar surface area (TPSA) is 186 Å². The molecule has 0 aliphatic carbocycles. The van der Waals surface area contributed by atoms with Crippen LogP contribution in [0.5, 0.6) is 0 Å². The Balaban J connectivity index is 2.58. The maximum absolute atomic E-state index is 11.7. The van der Waals surface area contributed by atoms with Gasteiger partial charge < -0.3 is 25.7 Å². The summed E-state index contributed by atoms with van der Waals surface area (Å²) in [5, 5.41) is 42.3. The monoisotopic (exact) mass is 357 g/mol. The van der Waals surface area contributed by atoms with Crippen molar-refractivity contribution < 1.29 is 30.0 Å². The van der Waals surface area contributed by atoms with Crippen LogP contribution >= 0.6 is 0 Å². The van der Waals surface area contributed by atoms with E-state index in [0.29, 0.717) is 0 Å². The lowest BCUT2D eigenvalue weighted by Gasteiger charge is -2.17. The number of carbonyl (C=O) groups excluding carboxylic acids is 2. The van der Waals surface area contributed by atoms with Crippen molar-refractivity contribution in [3.05, 3.63) is 22.7 Å². The molecule has 12 heteroatoms. The molecule has 1 heterocycles. The number of anilines is 1. The van der Waals surface area contributed by atoms with Gasteiger partial charge in [0.15, 0.2) is 0 Å². The third-order valence-electron chi connectivity index (χ3n) is 2.84. The van der Waals surface area contributed by atoms with Gasteiger partial charge in [0.2, 0.25) is 5.91 Å². The average Bonchev–Trinajstić information content (AvgIpc) is 2.55. The summed E-state index contributed by atoms with van der Waals surface area (Å²) in [5.74, 6) is -1.08. The summed E-state index contributed by atoms with van der Waals surface area (Å²) in [5.41, 5.74) is 1.23. The Bertz CT molecular complexity index is 690. The van der Waals surface area contributed by atoms with Gasteiger partial charge in [-0.25, -0.2) is 10.2 Å². The minimum Gasteiger partial charge on any atom is -0.394 e. The van der Waals surface area contributed by atoms with Gasteiger partial charge in [0.25, 0.3) is 5.91 Å². The second-order valence-electron chi connectivity index (χ2n) is 4.95. The van der Waals surface area contributed by atoms with Crippen LogP contribution in [0.2, 0.25) is 0 Å². The standard InChI is InChI=1S/C13H19N5O7/c1-7(20)15-10-2-3-18(13(25)16-10)5-11(23)17-14-4-8(21)12(24)9(22)6-19/h2-4,8-9,12,19,21-22,24H,5-6H2,1H3,(H,17,23)(H,15,16,20,25)/b14-4+/t8-,9+,12+/m0/s1. The first-order valence-electron chi connectivity index (χ1n) is 7.06. The highest BCUT2D eigenvalue weighted by Gasteiger charge is 2.22. The normalized spacial score (nSPS) is 14.8. The Labute approximate surface area is 141 Å². The lowest BCUT2D eigenvalue weighted by Crippen LogP contribution is -2.40.